The molecule has 8 heteroatoms. The van der Waals surface area contributed by atoms with Crippen LogP contribution in [0.4, 0.5) is 0 Å². The van der Waals surface area contributed by atoms with E-state index in [1.54, 1.807) is 6.26 Å². The molecule has 0 aliphatic rings. The van der Waals surface area contributed by atoms with Crippen molar-refractivity contribution in [3.05, 3.63) is 30.3 Å². The Labute approximate surface area is 127 Å². The molecule has 0 aliphatic carbocycles. The summed E-state index contributed by atoms with van der Waals surface area (Å²) in [6, 6.07) is 5.76. The van der Waals surface area contributed by atoms with Crippen molar-refractivity contribution in [3.8, 4) is 23.0 Å². The Kier molecular flexibility index (Phi) is 4.77. The van der Waals surface area contributed by atoms with E-state index in [0.29, 0.717) is 41.3 Å². The van der Waals surface area contributed by atoms with Gasteiger partial charge in [-0.25, -0.2) is 0 Å². The van der Waals surface area contributed by atoms with Crippen molar-refractivity contribution in [2.45, 2.75) is 19.4 Å². The van der Waals surface area contributed by atoms with Gasteiger partial charge in [0.1, 0.15) is 11.4 Å². The Bertz CT molecular complexity index is 676. The third kappa shape index (κ3) is 3.32. The van der Waals surface area contributed by atoms with Gasteiger partial charge in [-0.2, -0.15) is 10.1 Å². The summed E-state index contributed by atoms with van der Waals surface area (Å²) in [6.07, 6.45) is 2.31. The molecule has 3 aromatic heterocycles. The Morgan fingerprint density at radius 3 is 3.00 bits per heavy atom. The number of H-pyrrole nitrogens is 1. The van der Waals surface area contributed by atoms with E-state index in [0.717, 1.165) is 0 Å². The predicted molar refractivity (Wildman–Crippen MR) is 79.1 cm³/mol. The van der Waals surface area contributed by atoms with Crippen LogP contribution in [-0.4, -0.2) is 33.4 Å². The maximum Gasteiger partial charge on any atom is 0.275 e. The average molecular weight is 310 g/mol. The van der Waals surface area contributed by atoms with Crippen molar-refractivity contribution < 1.29 is 8.94 Å². The van der Waals surface area contributed by atoms with Crippen molar-refractivity contribution >= 4 is 12.4 Å². The molecule has 1 atom stereocenters. The molecule has 7 nitrogen and oxygen atoms in total. The molecule has 0 aromatic carbocycles. The highest BCUT2D eigenvalue weighted by atomic mass is 35.5. The maximum absolute atomic E-state index is 5.28. The summed E-state index contributed by atoms with van der Waals surface area (Å²) in [5, 5.41) is 14.1. The third-order valence-corrected chi connectivity index (χ3v) is 3.03. The molecule has 0 spiro atoms. The molecule has 3 rings (SSSR count). The van der Waals surface area contributed by atoms with Gasteiger partial charge in [0.2, 0.25) is 0 Å². The van der Waals surface area contributed by atoms with E-state index < -0.39 is 0 Å². The van der Waals surface area contributed by atoms with Crippen LogP contribution in [0.1, 0.15) is 12.7 Å². The number of nitrogens with zero attached hydrogens (tertiary/aromatic N) is 3. The molecule has 0 bridgehead atoms. The highest BCUT2D eigenvalue weighted by molar-refractivity contribution is 5.85. The molecule has 3 aromatic rings. The molecule has 0 fully saturated rings. The zero-order valence-corrected chi connectivity index (χ0v) is 12.5. The molecule has 2 N–H and O–H groups in total. The number of rotatable bonds is 5. The van der Waals surface area contributed by atoms with E-state index in [1.807, 2.05) is 25.2 Å². The monoisotopic (exact) mass is 309 g/mol. The topological polar surface area (TPSA) is 92.8 Å². The number of halogens is 1. The molecule has 0 aliphatic heterocycles. The lowest BCUT2D eigenvalue weighted by Crippen LogP contribution is -2.24. The molecule has 0 saturated carbocycles. The lowest BCUT2D eigenvalue weighted by atomic mass is 10.2. The van der Waals surface area contributed by atoms with Crippen LogP contribution in [0, 0.1) is 0 Å². The van der Waals surface area contributed by atoms with Crippen molar-refractivity contribution in [2.75, 3.05) is 7.05 Å². The molecule has 0 radical (unpaired) electrons. The van der Waals surface area contributed by atoms with Crippen LogP contribution < -0.4 is 5.32 Å². The Morgan fingerprint density at radius 1 is 1.43 bits per heavy atom. The van der Waals surface area contributed by atoms with Gasteiger partial charge in [0.15, 0.2) is 11.6 Å². The molecular weight excluding hydrogens is 294 g/mol. The molecule has 0 saturated heterocycles. The van der Waals surface area contributed by atoms with Crippen molar-refractivity contribution in [3.63, 3.8) is 0 Å². The first-order valence-corrected chi connectivity index (χ1v) is 6.36. The van der Waals surface area contributed by atoms with Crippen LogP contribution in [0.3, 0.4) is 0 Å². The quantitative estimate of drug-likeness (QED) is 0.751. The summed E-state index contributed by atoms with van der Waals surface area (Å²) in [5.41, 5.74) is 1.38. The van der Waals surface area contributed by atoms with E-state index >= 15 is 0 Å². The summed E-state index contributed by atoms with van der Waals surface area (Å²) in [4.78, 5) is 4.34. The highest BCUT2D eigenvalue weighted by Crippen LogP contribution is 2.22. The molecule has 3 heterocycles. The van der Waals surface area contributed by atoms with Gasteiger partial charge in [-0.15, -0.1) is 12.4 Å². The van der Waals surface area contributed by atoms with Crippen LogP contribution in [0.5, 0.6) is 0 Å². The molecule has 21 heavy (non-hydrogen) atoms. The summed E-state index contributed by atoms with van der Waals surface area (Å²) in [5.74, 6) is 1.78. The second kappa shape index (κ2) is 6.55. The van der Waals surface area contributed by atoms with Crippen LogP contribution in [0.25, 0.3) is 23.0 Å². The number of furan rings is 1. The van der Waals surface area contributed by atoms with Crippen molar-refractivity contribution in [1.29, 1.82) is 0 Å². The van der Waals surface area contributed by atoms with Gasteiger partial charge in [0, 0.05) is 18.5 Å². The predicted octanol–water partition coefficient (Wildman–Crippen LogP) is 2.29. The van der Waals surface area contributed by atoms with Gasteiger partial charge in [-0.05, 0) is 26.1 Å². The molecule has 1 unspecified atom stereocenters. The normalized spacial score (nSPS) is 12.1. The van der Waals surface area contributed by atoms with Gasteiger partial charge in [-0.3, -0.25) is 5.10 Å². The maximum atomic E-state index is 5.28. The van der Waals surface area contributed by atoms with Crippen molar-refractivity contribution in [1.82, 2.24) is 25.7 Å². The first-order chi connectivity index (χ1) is 9.76. The van der Waals surface area contributed by atoms with Crippen molar-refractivity contribution in [2.24, 2.45) is 0 Å². The van der Waals surface area contributed by atoms with E-state index in [2.05, 4.69) is 32.6 Å². The SMILES string of the molecule is CNC(C)Cc1noc(-c2cc(-c3ccco3)n[nH]2)n1.Cl. The van der Waals surface area contributed by atoms with Gasteiger partial charge < -0.3 is 14.3 Å². The number of aromatic nitrogens is 4. The summed E-state index contributed by atoms with van der Waals surface area (Å²) < 4.78 is 10.5. The minimum absolute atomic E-state index is 0. The van der Waals surface area contributed by atoms with Crippen LogP contribution in [0.2, 0.25) is 0 Å². The summed E-state index contributed by atoms with van der Waals surface area (Å²) >= 11 is 0. The fourth-order valence-corrected chi connectivity index (χ4v) is 1.80. The largest absolute Gasteiger partial charge is 0.463 e. The van der Waals surface area contributed by atoms with E-state index in [-0.39, 0.29) is 12.4 Å². The average Bonchev–Trinajstić information content (AvgIpc) is 3.18. The number of nitrogens with one attached hydrogen (secondary N) is 2. The fourth-order valence-electron chi connectivity index (χ4n) is 1.80. The summed E-state index contributed by atoms with van der Waals surface area (Å²) in [7, 11) is 1.90. The minimum atomic E-state index is 0. The van der Waals surface area contributed by atoms with Gasteiger partial charge in [0.25, 0.3) is 5.89 Å². The first-order valence-electron chi connectivity index (χ1n) is 6.36. The smallest absolute Gasteiger partial charge is 0.275 e. The minimum Gasteiger partial charge on any atom is -0.463 e. The van der Waals surface area contributed by atoms with Gasteiger partial charge in [-0.1, -0.05) is 5.16 Å². The molecular formula is C13H16ClN5O2. The van der Waals surface area contributed by atoms with Crippen LogP contribution >= 0.6 is 12.4 Å². The lowest BCUT2D eigenvalue weighted by molar-refractivity contribution is 0.417. The Balaban J connectivity index is 0.00000161. The lowest BCUT2D eigenvalue weighted by Gasteiger charge is -2.04. The number of likely N-dealkylation sites (N-methyl/N-ethyl adjacent to an activating group) is 1. The molecule has 112 valence electrons. The number of hydrogen-bond donors (Lipinski definition) is 2. The second-order valence-corrected chi connectivity index (χ2v) is 4.55. The Morgan fingerprint density at radius 2 is 2.29 bits per heavy atom. The first kappa shape index (κ1) is 15.3. The van der Waals surface area contributed by atoms with Crippen LogP contribution in [-0.2, 0) is 6.42 Å². The highest BCUT2D eigenvalue weighted by Gasteiger charge is 2.14. The Hall–Kier alpha value is -2.12. The van der Waals surface area contributed by atoms with Gasteiger partial charge >= 0.3 is 0 Å². The van der Waals surface area contributed by atoms with E-state index in [1.165, 1.54) is 0 Å². The second-order valence-electron chi connectivity index (χ2n) is 4.55. The summed E-state index contributed by atoms with van der Waals surface area (Å²) in [6.45, 7) is 2.06. The number of hydrogen-bond acceptors (Lipinski definition) is 6. The molecule has 0 amide bonds. The van der Waals surface area contributed by atoms with E-state index in [4.69, 9.17) is 8.94 Å². The zero-order chi connectivity index (χ0) is 13.9. The third-order valence-electron chi connectivity index (χ3n) is 3.03. The fraction of sp³-hybridized carbons (Fsp3) is 0.308. The van der Waals surface area contributed by atoms with E-state index in [9.17, 15) is 0 Å². The number of aromatic amines is 1. The van der Waals surface area contributed by atoms with Gasteiger partial charge in [0.05, 0.1) is 6.26 Å². The van der Waals surface area contributed by atoms with Crippen LogP contribution in [0.15, 0.2) is 33.4 Å². The standard InChI is InChI=1S/C13H15N5O2.ClH/c1-8(14-2)6-12-15-13(20-18-12)10-7-9(16-17-10)11-4-3-5-19-11;/h3-5,7-8,14H,6H2,1-2H3,(H,16,17);1H. The zero-order valence-electron chi connectivity index (χ0n) is 11.7.